The molecule has 1 aromatic carbocycles. The fraction of sp³-hybridized carbons (Fsp3) is 0.571. The molecule has 0 saturated heterocycles. The van der Waals surface area contributed by atoms with Crippen molar-refractivity contribution in [3.8, 4) is 5.75 Å². The monoisotopic (exact) mass is 305 g/mol. The summed E-state index contributed by atoms with van der Waals surface area (Å²) in [6, 6.07) is 3.23. The van der Waals surface area contributed by atoms with Gasteiger partial charge in [-0.25, -0.2) is 0 Å². The fourth-order valence-corrected chi connectivity index (χ4v) is 2.08. The van der Waals surface area contributed by atoms with Crippen LogP contribution in [0.15, 0.2) is 12.1 Å². The fourth-order valence-electron chi connectivity index (χ4n) is 1.54. The number of aromatic hydroxyl groups is 1. The lowest BCUT2D eigenvalue weighted by atomic mass is 10.1. The Bertz CT molecular complexity index is 397. The zero-order valence-electron chi connectivity index (χ0n) is 11.4. The maximum Gasteiger partial charge on any atom is 0.138 e. The Morgan fingerprint density at radius 2 is 2.00 bits per heavy atom. The summed E-state index contributed by atoms with van der Waals surface area (Å²) < 4.78 is 5.48. The van der Waals surface area contributed by atoms with Gasteiger partial charge in [0.25, 0.3) is 0 Å². The van der Waals surface area contributed by atoms with Crippen LogP contribution in [0.1, 0.15) is 25.8 Å². The molecule has 0 fully saturated rings. The molecule has 0 atom stereocenters. The van der Waals surface area contributed by atoms with Gasteiger partial charge in [-0.05, 0) is 24.5 Å². The summed E-state index contributed by atoms with van der Waals surface area (Å²) in [5.74, 6) is 0.748. The highest BCUT2D eigenvalue weighted by molar-refractivity contribution is 6.35. The molecular formula is C14H21Cl2NO2. The summed E-state index contributed by atoms with van der Waals surface area (Å²) in [5.41, 5.74) is 0.694. The first-order valence-electron chi connectivity index (χ1n) is 6.46. The van der Waals surface area contributed by atoms with Gasteiger partial charge in [-0.15, -0.1) is 0 Å². The Kier molecular flexibility index (Phi) is 7.54. The van der Waals surface area contributed by atoms with Crippen molar-refractivity contribution < 1.29 is 9.84 Å². The molecule has 0 radical (unpaired) electrons. The van der Waals surface area contributed by atoms with Gasteiger partial charge in [0, 0.05) is 30.3 Å². The molecule has 0 unspecified atom stereocenters. The third-order valence-electron chi connectivity index (χ3n) is 2.69. The lowest BCUT2D eigenvalue weighted by molar-refractivity contribution is 0.125. The van der Waals surface area contributed by atoms with Gasteiger partial charge in [0.2, 0.25) is 0 Å². The van der Waals surface area contributed by atoms with Crippen LogP contribution >= 0.6 is 23.2 Å². The number of ether oxygens (including phenoxy) is 1. The summed E-state index contributed by atoms with van der Waals surface area (Å²) in [5, 5.41) is 13.7. The Labute approximate surface area is 124 Å². The van der Waals surface area contributed by atoms with Crippen LogP contribution < -0.4 is 5.32 Å². The SMILES string of the molecule is CC(C)CCOCCNCc1cc(Cl)cc(Cl)c1O. The van der Waals surface area contributed by atoms with Crippen LogP contribution in [0.4, 0.5) is 0 Å². The van der Waals surface area contributed by atoms with E-state index in [1.165, 1.54) is 6.07 Å². The highest BCUT2D eigenvalue weighted by atomic mass is 35.5. The number of hydrogen-bond acceptors (Lipinski definition) is 3. The van der Waals surface area contributed by atoms with E-state index in [1.54, 1.807) is 6.07 Å². The zero-order valence-corrected chi connectivity index (χ0v) is 12.9. The smallest absolute Gasteiger partial charge is 0.138 e. The van der Waals surface area contributed by atoms with Gasteiger partial charge >= 0.3 is 0 Å². The Morgan fingerprint density at radius 3 is 2.68 bits per heavy atom. The van der Waals surface area contributed by atoms with Gasteiger partial charge in [-0.1, -0.05) is 37.0 Å². The van der Waals surface area contributed by atoms with Crippen molar-refractivity contribution in [1.29, 1.82) is 0 Å². The molecule has 108 valence electrons. The van der Waals surface area contributed by atoms with Crippen molar-refractivity contribution >= 4 is 23.2 Å². The second-order valence-electron chi connectivity index (χ2n) is 4.87. The van der Waals surface area contributed by atoms with Gasteiger partial charge in [0.05, 0.1) is 11.6 Å². The van der Waals surface area contributed by atoms with Crippen LogP contribution in [-0.4, -0.2) is 24.9 Å². The van der Waals surface area contributed by atoms with E-state index in [0.717, 1.165) is 19.6 Å². The standard InChI is InChI=1S/C14H21Cl2NO2/c1-10(2)3-5-19-6-4-17-9-11-7-12(15)8-13(16)14(11)18/h7-8,10,17-18H,3-6,9H2,1-2H3. The van der Waals surface area contributed by atoms with Gasteiger partial charge < -0.3 is 15.2 Å². The average molecular weight is 306 g/mol. The maximum atomic E-state index is 9.76. The lowest BCUT2D eigenvalue weighted by Gasteiger charge is -2.10. The quantitative estimate of drug-likeness (QED) is 0.717. The summed E-state index contributed by atoms with van der Waals surface area (Å²) in [7, 11) is 0. The van der Waals surface area contributed by atoms with Crippen LogP contribution in [-0.2, 0) is 11.3 Å². The number of phenolic OH excluding ortho intramolecular Hbond substituents is 1. The molecule has 0 aliphatic heterocycles. The predicted molar refractivity (Wildman–Crippen MR) is 80.1 cm³/mol. The van der Waals surface area contributed by atoms with Crippen LogP contribution in [0.3, 0.4) is 0 Å². The summed E-state index contributed by atoms with van der Waals surface area (Å²) >= 11 is 11.7. The predicted octanol–water partition coefficient (Wildman–Crippen LogP) is 3.85. The van der Waals surface area contributed by atoms with Crippen LogP contribution in [0.25, 0.3) is 0 Å². The molecule has 1 aromatic rings. The third kappa shape index (κ3) is 6.48. The lowest BCUT2D eigenvalue weighted by Crippen LogP contribution is -2.19. The average Bonchev–Trinajstić information content (AvgIpc) is 2.33. The van der Waals surface area contributed by atoms with E-state index in [1.807, 2.05) is 0 Å². The van der Waals surface area contributed by atoms with Gasteiger partial charge in [-0.2, -0.15) is 0 Å². The first-order valence-corrected chi connectivity index (χ1v) is 7.21. The van der Waals surface area contributed by atoms with Crippen LogP contribution in [0.5, 0.6) is 5.75 Å². The molecule has 0 aliphatic carbocycles. The molecule has 5 heteroatoms. The van der Waals surface area contributed by atoms with E-state index in [0.29, 0.717) is 29.7 Å². The summed E-state index contributed by atoms with van der Waals surface area (Å²) in [6.07, 6.45) is 1.07. The van der Waals surface area contributed by atoms with E-state index in [2.05, 4.69) is 19.2 Å². The van der Waals surface area contributed by atoms with Gasteiger partial charge in [-0.3, -0.25) is 0 Å². The van der Waals surface area contributed by atoms with Crippen molar-refractivity contribution in [3.05, 3.63) is 27.7 Å². The molecule has 19 heavy (non-hydrogen) atoms. The van der Waals surface area contributed by atoms with Crippen molar-refractivity contribution in [1.82, 2.24) is 5.32 Å². The highest BCUT2D eigenvalue weighted by Gasteiger charge is 2.07. The minimum absolute atomic E-state index is 0.0827. The molecule has 0 aliphatic rings. The number of rotatable bonds is 8. The molecule has 0 spiro atoms. The first-order chi connectivity index (χ1) is 9.00. The minimum Gasteiger partial charge on any atom is -0.506 e. The molecule has 0 bridgehead atoms. The van der Waals surface area contributed by atoms with E-state index in [-0.39, 0.29) is 10.8 Å². The van der Waals surface area contributed by atoms with Crippen molar-refractivity contribution in [2.24, 2.45) is 5.92 Å². The Morgan fingerprint density at radius 1 is 1.26 bits per heavy atom. The second kappa shape index (κ2) is 8.64. The number of nitrogens with one attached hydrogen (secondary N) is 1. The molecule has 0 saturated carbocycles. The zero-order chi connectivity index (χ0) is 14.3. The number of phenols is 1. The largest absolute Gasteiger partial charge is 0.506 e. The summed E-state index contributed by atoms with van der Waals surface area (Å²) in [4.78, 5) is 0. The van der Waals surface area contributed by atoms with Crippen molar-refractivity contribution in [2.45, 2.75) is 26.8 Å². The number of benzene rings is 1. The van der Waals surface area contributed by atoms with Crippen molar-refractivity contribution in [2.75, 3.05) is 19.8 Å². The molecule has 0 aromatic heterocycles. The molecule has 0 amide bonds. The van der Waals surface area contributed by atoms with E-state index in [9.17, 15) is 5.11 Å². The first kappa shape index (κ1) is 16.6. The Hall–Kier alpha value is -0.480. The van der Waals surface area contributed by atoms with Crippen LogP contribution in [0, 0.1) is 5.92 Å². The van der Waals surface area contributed by atoms with Gasteiger partial charge in [0.1, 0.15) is 5.75 Å². The number of hydrogen-bond donors (Lipinski definition) is 2. The maximum absolute atomic E-state index is 9.76. The summed E-state index contributed by atoms with van der Waals surface area (Å²) in [6.45, 7) is 7.03. The van der Waals surface area contributed by atoms with Gasteiger partial charge in [0.15, 0.2) is 0 Å². The molecular weight excluding hydrogens is 285 g/mol. The highest BCUT2D eigenvalue weighted by Crippen LogP contribution is 2.30. The van der Waals surface area contributed by atoms with Crippen molar-refractivity contribution in [3.63, 3.8) is 0 Å². The van der Waals surface area contributed by atoms with Crippen LogP contribution in [0.2, 0.25) is 10.0 Å². The Balaban J connectivity index is 2.23. The second-order valence-corrected chi connectivity index (χ2v) is 5.71. The number of halogens is 2. The minimum atomic E-state index is 0.0827. The molecule has 3 nitrogen and oxygen atoms in total. The van der Waals surface area contributed by atoms with E-state index in [4.69, 9.17) is 27.9 Å². The molecule has 1 rings (SSSR count). The third-order valence-corrected chi connectivity index (χ3v) is 3.19. The molecule has 2 N–H and O–H groups in total. The van der Waals surface area contributed by atoms with E-state index < -0.39 is 0 Å². The topological polar surface area (TPSA) is 41.5 Å². The normalized spacial score (nSPS) is 11.2. The molecule has 0 heterocycles. The van der Waals surface area contributed by atoms with E-state index >= 15 is 0 Å².